The summed E-state index contributed by atoms with van der Waals surface area (Å²) in [6.45, 7) is 11.4. The zero-order valence-corrected chi connectivity index (χ0v) is 17.7. The van der Waals surface area contributed by atoms with Gasteiger partial charge >= 0.3 is 0 Å². The minimum atomic E-state index is 0.0609. The number of hydrogen-bond acceptors (Lipinski definition) is 3. The fraction of sp³-hybridized carbons (Fsp3) is 0.909. The van der Waals surface area contributed by atoms with Crippen molar-refractivity contribution in [3.8, 4) is 0 Å². The van der Waals surface area contributed by atoms with Gasteiger partial charge in [-0.05, 0) is 40.0 Å². The van der Waals surface area contributed by atoms with E-state index in [1.165, 1.54) is 64.2 Å². The van der Waals surface area contributed by atoms with Crippen LogP contribution in [0.4, 0.5) is 0 Å². The van der Waals surface area contributed by atoms with Crippen LogP contribution in [0.3, 0.4) is 0 Å². The van der Waals surface area contributed by atoms with Gasteiger partial charge in [0.15, 0.2) is 0 Å². The van der Waals surface area contributed by atoms with Crippen molar-refractivity contribution in [1.82, 2.24) is 5.32 Å². The van der Waals surface area contributed by atoms with Crippen LogP contribution in [0.2, 0.25) is 0 Å². The number of aliphatic hydroxyl groups excluding tert-OH is 1. The van der Waals surface area contributed by atoms with E-state index in [0.29, 0.717) is 6.61 Å². The molecule has 0 aromatic rings. The van der Waals surface area contributed by atoms with E-state index in [9.17, 15) is 0 Å². The smallest absolute Gasteiger partial charge is 0.0704 e. The summed E-state index contributed by atoms with van der Waals surface area (Å²) in [6, 6.07) is 0.185. The maximum atomic E-state index is 8.94. The van der Waals surface area contributed by atoms with Gasteiger partial charge < -0.3 is 15.2 Å². The molecule has 0 amide bonds. The summed E-state index contributed by atoms with van der Waals surface area (Å²) < 4.78 is 5.69. The van der Waals surface area contributed by atoms with E-state index >= 15 is 0 Å². The topological polar surface area (TPSA) is 41.5 Å². The first-order valence-corrected chi connectivity index (χ1v) is 10.6. The molecule has 0 aliphatic carbocycles. The molecule has 150 valence electrons. The maximum Gasteiger partial charge on any atom is 0.0704 e. The molecule has 0 rings (SSSR count). The molecule has 2 radical (unpaired) electrons. The fourth-order valence-corrected chi connectivity index (χ4v) is 3.27. The number of unbranched alkanes of at least 4 members (excludes halogenated alkanes) is 8. The zero-order valence-electron chi connectivity index (χ0n) is 17.7. The van der Waals surface area contributed by atoms with E-state index in [0.717, 1.165) is 0 Å². The largest absolute Gasteiger partial charge is 0.394 e. The molecule has 0 aromatic heterocycles. The highest BCUT2D eigenvalue weighted by molar-refractivity contribution is 4.98. The van der Waals surface area contributed by atoms with Gasteiger partial charge in [0, 0.05) is 11.6 Å². The summed E-state index contributed by atoms with van der Waals surface area (Å²) in [5.74, 6) is 0. The Balaban J connectivity index is 3.94. The van der Waals surface area contributed by atoms with Crippen LogP contribution in [0, 0.1) is 12.8 Å². The highest BCUT2D eigenvalue weighted by Gasteiger charge is 2.25. The summed E-state index contributed by atoms with van der Waals surface area (Å²) in [7, 11) is 0. The lowest BCUT2D eigenvalue weighted by Gasteiger charge is -2.35. The van der Waals surface area contributed by atoms with E-state index in [4.69, 9.17) is 9.84 Å². The zero-order chi connectivity index (χ0) is 19.0. The van der Waals surface area contributed by atoms with Gasteiger partial charge in [-0.2, -0.15) is 0 Å². The molecule has 3 heteroatoms. The van der Waals surface area contributed by atoms with Crippen LogP contribution in [-0.4, -0.2) is 36.0 Å². The minimum Gasteiger partial charge on any atom is -0.394 e. The Bertz CT molecular complexity index is 281. The molecule has 0 heterocycles. The molecule has 0 fully saturated rings. The van der Waals surface area contributed by atoms with Crippen molar-refractivity contribution in [2.24, 2.45) is 0 Å². The molecule has 0 aliphatic heterocycles. The monoisotopic (exact) mass is 355 g/mol. The number of hydrogen-bond donors (Lipinski definition) is 2. The van der Waals surface area contributed by atoms with E-state index in [1.807, 2.05) is 6.92 Å². The standard InChI is InChI=1S/C22H45NO2/c1-6-8-9-10-11-12-13-14-15-17-22(4,5)23-21(16-7-2)20(3)25-19-18-24/h7,16,20-21,23-24H,6,8-15,17-19H2,1-5H3/t20-,21?/m0/s1. The SMILES string of the molecule is C[CH][CH]C(NC(C)(C)CCCCCCCCCCC)[C@H](C)OCCO. The first kappa shape index (κ1) is 24.9. The van der Waals surface area contributed by atoms with Crippen molar-refractivity contribution in [1.29, 1.82) is 0 Å². The third-order valence-corrected chi connectivity index (χ3v) is 4.84. The molecule has 25 heavy (non-hydrogen) atoms. The minimum absolute atomic E-state index is 0.0609. The molecule has 0 spiro atoms. The van der Waals surface area contributed by atoms with Crippen molar-refractivity contribution < 1.29 is 9.84 Å². The predicted octanol–water partition coefficient (Wildman–Crippen LogP) is 5.47. The molecule has 0 aromatic carbocycles. The molecular formula is C22H45NO2. The van der Waals surface area contributed by atoms with Crippen molar-refractivity contribution in [3.63, 3.8) is 0 Å². The summed E-state index contributed by atoms with van der Waals surface area (Å²) in [4.78, 5) is 0. The molecule has 0 saturated carbocycles. The Labute approximate surface area is 158 Å². The molecule has 3 nitrogen and oxygen atoms in total. The van der Waals surface area contributed by atoms with Crippen LogP contribution in [0.1, 0.15) is 98.8 Å². The van der Waals surface area contributed by atoms with Gasteiger partial charge in [-0.1, -0.05) is 71.6 Å². The molecular weight excluding hydrogens is 310 g/mol. The van der Waals surface area contributed by atoms with E-state index in [-0.39, 0.29) is 24.3 Å². The van der Waals surface area contributed by atoms with E-state index in [1.54, 1.807) is 0 Å². The second-order valence-electron chi connectivity index (χ2n) is 7.96. The average molecular weight is 356 g/mol. The number of aliphatic hydroxyl groups is 1. The van der Waals surface area contributed by atoms with Crippen LogP contribution >= 0.6 is 0 Å². The van der Waals surface area contributed by atoms with Gasteiger partial charge in [-0.25, -0.2) is 0 Å². The lowest BCUT2D eigenvalue weighted by atomic mass is 9.93. The van der Waals surface area contributed by atoms with Crippen molar-refractivity contribution in [2.45, 2.75) is 117 Å². The lowest BCUT2D eigenvalue weighted by Crippen LogP contribution is -2.51. The van der Waals surface area contributed by atoms with Gasteiger partial charge in [-0.15, -0.1) is 0 Å². The Morgan fingerprint density at radius 1 is 1.00 bits per heavy atom. The first-order valence-electron chi connectivity index (χ1n) is 10.6. The quantitative estimate of drug-likeness (QED) is 0.320. The Hall–Kier alpha value is -0.120. The Kier molecular flexibility index (Phi) is 16.0. The van der Waals surface area contributed by atoms with Gasteiger partial charge in [0.2, 0.25) is 0 Å². The van der Waals surface area contributed by atoms with Gasteiger partial charge in [0.1, 0.15) is 0 Å². The third-order valence-electron chi connectivity index (χ3n) is 4.84. The number of nitrogens with one attached hydrogen (secondary N) is 1. The molecule has 0 aliphatic rings. The van der Waals surface area contributed by atoms with Crippen LogP contribution in [-0.2, 0) is 4.74 Å². The normalized spacial score (nSPS) is 14.6. The van der Waals surface area contributed by atoms with Crippen molar-refractivity contribution in [2.75, 3.05) is 13.2 Å². The average Bonchev–Trinajstić information content (AvgIpc) is 2.57. The molecule has 1 unspecified atom stereocenters. The van der Waals surface area contributed by atoms with E-state index in [2.05, 4.69) is 45.9 Å². The molecule has 2 N–H and O–H groups in total. The lowest BCUT2D eigenvalue weighted by molar-refractivity contribution is 0.0183. The second-order valence-corrected chi connectivity index (χ2v) is 7.96. The second kappa shape index (κ2) is 16.1. The van der Waals surface area contributed by atoms with Crippen LogP contribution in [0.25, 0.3) is 0 Å². The van der Waals surface area contributed by atoms with Crippen LogP contribution in [0.15, 0.2) is 0 Å². The Morgan fingerprint density at radius 2 is 1.56 bits per heavy atom. The number of ether oxygens (including phenoxy) is 1. The highest BCUT2D eigenvalue weighted by Crippen LogP contribution is 2.19. The third kappa shape index (κ3) is 14.7. The highest BCUT2D eigenvalue weighted by atomic mass is 16.5. The fourth-order valence-electron chi connectivity index (χ4n) is 3.27. The van der Waals surface area contributed by atoms with Crippen molar-refractivity contribution >= 4 is 0 Å². The summed E-state index contributed by atoms with van der Waals surface area (Å²) in [5.41, 5.74) is 0.0993. The van der Waals surface area contributed by atoms with Gasteiger partial charge in [-0.3, -0.25) is 0 Å². The van der Waals surface area contributed by atoms with Crippen LogP contribution < -0.4 is 5.32 Å². The first-order chi connectivity index (χ1) is 12.0. The molecule has 0 saturated heterocycles. The van der Waals surface area contributed by atoms with Gasteiger partial charge in [0.25, 0.3) is 0 Å². The van der Waals surface area contributed by atoms with Gasteiger partial charge in [0.05, 0.1) is 19.3 Å². The number of rotatable bonds is 18. The summed E-state index contributed by atoms with van der Waals surface area (Å²) in [5, 5.41) is 12.7. The van der Waals surface area contributed by atoms with Crippen molar-refractivity contribution in [3.05, 3.63) is 12.8 Å². The Morgan fingerprint density at radius 3 is 2.08 bits per heavy atom. The summed E-state index contributed by atoms with van der Waals surface area (Å²) in [6.07, 6.45) is 17.8. The predicted molar refractivity (Wildman–Crippen MR) is 110 cm³/mol. The maximum absolute atomic E-state index is 8.94. The van der Waals surface area contributed by atoms with E-state index < -0.39 is 0 Å². The summed E-state index contributed by atoms with van der Waals surface area (Å²) >= 11 is 0. The molecule has 0 bridgehead atoms. The van der Waals surface area contributed by atoms with Crippen LogP contribution in [0.5, 0.6) is 0 Å². The molecule has 2 atom stereocenters.